The van der Waals surface area contributed by atoms with E-state index in [-0.39, 0.29) is 11.8 Å². The second-order valence-corrected chi connectivity index (χ2v) is 5.70. The van der Waals surface area contributed by atoms with Gasteiger partial charge in [0.25, 0.3) is 0 Å². The Morgan fingerprint density at radius 1 is 1.41 bits per heavy atom. The van der Waals surface area contributed by atoms with Gasteiger partial charge in [0.05, 0.1) is 11.0 Å². The van der Waals surface area contributed by atoms with Crippen molar-refractivity contribution in [1.29, 1.82) is 0 Å². The van der Waals surface area contributed by atoms with Crippen LogP contribution in [-0.2, 0) is 6.54 Å². The van der Waals surface area contributed by atoms with Crippen molar-refractivity contribution in [1.82, 2.24) is 15.1 Å². The summed E-state index contributed by atoms with van der Waals surface area (Å²) in [5.41, 5.74) is 0.538. The molecule has 1 aromatic carbocycles. The molecule has 0 aliphatic rings. The van der Waals surface area contributed by atoms with Crippen molar-refractivity contribution in [3.63, 3.8) is 0 Å². The molecule has 2 N–H and O–H groups in total. The standard InChI is InChI=1S/C15H18BrFN4O/c1-2-3-8-18-15(22)19-14-12(16)10-21(20-14)9-11-6-4-5-7-13(11)17/h4-7,10H,2-3,8-9H2,1H3,(H2,18,19,20,22). The molecule has 2 amide bonds. The van der Waals surface area contributed by atoms with Gasteiger partial charge in [0.15, 0.2) is 5.82 Å². The van der Waals surface area contributed by atoms with E-state index in [0.29, 0.717) is 28.9 Å². The highest BCUT2D eigenvalue weighted by molar-refractivity contribution is 9.10. The van der Waals surface area contributed by atoms with E-state index < -0.39 is 0 Å². The van der Waals surface area contributed by atoms with E-state index in [0.717, 1.165) is 12.8 Å². The lowest BCUT2D eigenvalue weighted by Gasteiger charge is -2.05. The summed E-state index contributed by atoms with van der Waals surface area (Å²) in [5.74, 6) is 0.131. The Morgan fingerprint density at radius 2 is 2.18 bits per heavy atom. The number of carbonyl (C=O) groups is 1. The predicted octanol–water partition coefficient (Wildman–Crippen LogP) is 3.75. The topological polar surface area (TPSA) is 59.0 Å². The predicted molar refractivity (Wildman–Crippen MR) is 87.4 cm³/mol. The van der Waals surface area contributed by atoms with Crippen molar-refractivity contribution in [2.75, 3.05) is 11.9 Å². The smallest absolute Gasteiger partial charge is 0.320 e. The normalized spacial score (nSPS) is 10.5. The third-order valence-electron chi connectivity index (χ3n) is 3.06. The van der Waals surface area contributed by atoms with E-state index in [1.807, 2.05) is 0 Å². The molecule has 0 saturated carbocycles. The lowest BCUT2D eigenvalue weighted by Crippen LogP contribution is -2.29. The molecule has 0 saturated heterocycles. The fourth-order valence-corrected chi connectivity index (χ4v) is 2.31. The molecule has 0 aliphatic carbocycles. The van der Waals surface area contributed by atoms with Gasteiger partial charge in [0, 0.05) is 18.3 Å². The van der Waals surface area contributed by atoms with Crippen molar-refractivity contribution in [3.8, 4) is 0 Å². The van der Waals surface area contributed by atoms with Crippen LogP contribution in [0.1, 0.15) is 25.3 Å². The summed E-state index contributed by atoms with van der Waals surface area (Å²) >= 11 is 3.34. The van der Waals surface area contributed by atoms with Crippen molar-refractivity contribution in [2.45, 2.75) is 26.3 Å². The van der Waals surface area contributed by atoms with Gasteiger partial charge in [-0.1, -0.05) is 31.5 Å². The Bertz CT molecular complexity index is 644. The van der Waals surface area contributed by atoms with E-state index in [4.69, 9.17) is 0 Å². The van der Waals surface area contributed by atoms with Gasteiger partial charge in [-0.05, 0) is 28.4 Å². The first-order valence-corrected chi connectivity index (χ1v) is 7.90. The van der Waals surface area contributed by atoms with Crippen molar-refractivity contribution >= 4 is 27.8 Å². The molecule has 2 rings (SSSR count). The fourth-order valence-electron chi connectivity index (χ4n) is 1.89. The Labute approximate surface area is 137 Å². The highest BCUT2D eigenvalue weighted by Gasteiger charge is 2.11. The Morgan fingerprint density at radius 3 is 2.91 bits per heavy atom. The van der Waals surface area contributed by atoms with Crippen LogP contribution in [-0.4, -0.2) is 22.4 Å². The minimum absolute atomic E-state index is 0.277. The number of rotatable bonds is 6. The zero-order valence-corrected chi connectivity index (χ0v) is 13.9. The van der Waals surface area contributed by atoms with Gasteiger partial charge in [-0.3, -0.25) is 10.00 Å². The minimum atomic E-state index is -0.301. The van der Waals surface area contributed by atoms with Crippen molar-refractivity contribution < 1.29 is 9.18 Å². The number of amides is 2. The molecule has 1 heterocycles. The average Bonchev–Trinajstić information content (AvgIpc) is 2.81. The largest absolute Gasteiger partial charge is 0.338 e. The lowest BCUT2D eigenvalue weighted by atomic mass is 10.2. The van der Waals surface area contributed by atoms with E-state index in [2.05, 4.69) is 38.6 Å². The molecule has 0 spiro atoms. The zero-order valence-electron chi connectivity index (χ0n) is 12.3. The van der Waals surface area contributed by atoms with Crippen LogP contribution >= 0.6 is 15.9 Å². The van der Waals surface area contributed by atoms with E-state index in [1.54, 1.807) is 29.1 Å². The van der Waals surface area contributed by atoms with Crippen LogP contribution in [0.4, 0.5) is 15.0 Å². The zero-order chi connectivity index (χ0) is 15.9. The summed E-state index contributed by atoms with van der Waals surface area (Å²) in [6, 6.07) is 6.23. The number of hydrogen-bond donors (Lipinski definition) is 2. The number of nitrogens with zero attached hydrogens (tertiary/aromatic N) is 2. The molecule has 2 aromatic rings. The van der Waals surface area contributed by atoms with Gasteiger partial charge < -0.3 is 5.32 Å². The highest BCUT2D eigenvalue weighted by Crippen LogP contribution is 2.21. The number of carbonyl (C=O) groups excluding carboxylic acids is 1. The highest BCUT2D eigenvalue weighted by atomic mass is 79.9. The molecule has 118 valence electrons. The number of urea groups is 1. The minimum Gasteiger partial charge on any atom is -0.338 e. The number of unbranched alkanes of at least 4 members (excludes halogenated alkanes) is 1. The number of hydrogen-bond acceptors (Lipinski definition) is 2. The number of aromatic nitrogens is 2. The number of nitrogens with one attached hydrogen (secondary N) is 2. The number of anilines is 1. The molecule has 0 fully saturated rings. The van der Waals surface area contributed by atoms with Crippen LogP contribution in [0.3, 0.4) is 0 Å². The molecule has 1 aromatic heterocycles. The van der Waals surface area contributed by atoms with Gasteiger partial charge in [-0.25, -0.2) is 9.18 Å². The molecule has 7 heteroatoms. The number of benzene rings is 1. The average molecular weight is 369 g/mol. The molecule has 0 aliphatic heterocycles. The molecular formula is C15H18BrFN4O. The van der Waals surface area contributed by atoms with Gasteiger partial charge in [-0.2, -0.15) is 5.10 Å². The summed E-state index contributed by atoms with van der Waals surface area (Å²) in [5, 5.41) is 9.66. The monoisotopic (exact) mass is 368 g/mol. The van der Waals surface area contributed by atoms with Gasteiger partial charge in [0.1, 0.15) is 5.82 Å². The van der Waals surface area contributed by atoms with E-state index >= 15 is 0 Å². The van der Waals surface area contributed by atoms with Crippen LogP contribution in [0.2, 0.25) is 0 Å². The molecule has 22 heavy (non-hydrogen) atoms. The third kappa shape index (κ3) is 4.56. The maximum absolute atomic E-state index is 13.6. The molecule has 0 atom stereocenters. The second-order valence-electron chi connectivity index (χ2n) is 4.85. The second kappa shape index (κ2) is 7.93. The summed E-state index contributed by atoms with van der Waals surface area (Å²) in [6.07, 6.45) is 3.64. The van der Waals surface area contributed by atoms with Crippen LogP contribution in [0.25, 0.3) is 0 Å². The van der Waals surface area contributed by atoms with Crippen LogP contribution in [0.5, 0.6) is 0 Å². The summed E-state index contributed by atoms with van der Waals surface area (Å²) in [6.45, 7) is 2.97. The Kier molecular flexibility index (Phi) is 5.94. The maximum atomic E-state index is 13.6. The first-order chi connectivity index (χ1) is 10.6. The van der Waals surface area contributed by atoms with Crippen LogP contribution < -0.4 is 10.6 Å². The molecule has 0 bridgehead atoms. The molecular weight excluding hydrogens is 351 g/mol. The van der Waals surface area contributed by atoms with Gasteiger partial charge in [-0.15, -0.1) is 0 Å². The Hall–Kier alpha value is -1.89. The summed E-state index contributed by atoms with van der Waals surface area (Å²) in [4.78, 5) is 11.7. The molecule has 0 unspecified atom stereocenters. The van der Waals surface area contributed by atoms with E-state index in [1.165, 1.54) is 6.07 Å². The van der Waals surface area contributed by atoms with Gasteiger partial charge >= 0.3 is 6.03 Å². The molecule has 5 nitrogen and oxygen atoms in total. The fraction of sp³-hybridized carbons (Fsp3) is 0.333. The van der Waals surface area contributed by atoms with Gasteiger partial charge in [0.2, 0.25) is 0 Å². The molecule has 0 radical (unpaired) electrons. The number of halogens is 2. The van der Waals surface area contributed by atoms with Crippen molar-refractivity contribution in [3.05, 3.63) is 46.3 Å². The Balaban J connectivity index is 1.99. The first kappa shape index (κ1) is 16.5. The summed E-state index contributed by atoms with van der Waals surface area (Å²) in [7, 11) is 0. The van der Waals surface area contributed by atoms with Crippen LogP contribution in [0.15, 0.2) is 34.9 Å². The third-order valence-corrected chi connectivity index (χ3v) is 3.64. The quantitative estimate of drug-likeness (QED) is 0.762. The lowest BCUT2D eigenvalue weighted by molar-refractivity contribution is 0.252. The van der Waals surface area contributed by atoms with Crippen molar-refractivity contribution in [2.24, 2.45) is 0 Å². The first-order valence-electron chi connectivity index (χ1n) is 7.11. The maximum Gasteiger partial charge on any atom is 0.320 e. The van der Waals surface area contributed by atoms with Crippen LogP contribution in [0, 0.1) is 5.82 Å². The van der Waals surface area contributed by atoms with E-state index in [9.17, 15) is 9.18 Å². The summed E-state index contributed by atoms with van der Waals surface area (Å²) < 4.78 is 15.9. The SMILES string of the molecule is CCCCNC(=O)Nc1nn(Cc2ccccc2F)cc1Br.